The number of nitrogens with zero attached hydrogens (tertiary/aromatic N) is 1. The summed E-state index contributed by atoms with van der Waals surface area (Å²) in [4.78, 5) is 14.9. The van der Waals surface area contributed by atoms with E-state index in [9.17, 15) is 4.79 Å². The first-order valence-electron chi connectivity index (χ1n) is 6.14. The topological polar surface area (TPSA) is 41.6 Å². The first-order valence-corrected chi connectivity index (χ1v) is 7.02. The standard InChI is InChI=1S/C13H18N2O2S/c16-13(4-3-12-2-1-11-18-12)14-5-6-15-7-9-17-10-8-15/h1-4,11H,5-10H2,(H,14,16)/b4-3-. The maximum atomic E-state index is 11.5. The summed E-state index contributed by atoms with van der Waals surface area (Å²) in [6, 6.07) is 3.96. The highest BCUT2D eigenvalue weighted by atomic mass is 32.1. The van der Waals surface area contributed by atoms with Crippen molar-refractivity contribution < 1.29 is 9.53 Å². The van der Waals surface area contributed by atoms with E-state index in [1.165, 1.54) is 0 Å². The van der Waals surface area contributed by atoms with E-state index in [4.69, 9.17) is 4.74 Å². The lowest BCUT2D eigenvalue weighted by Gasteiger charge is -2.26. The van der Waals surface area contributed by atoms with Crippen LogP contribution in [0, 0.1) is 0 Å². The number of carbonyl (C=O) groups is 1. The first kappa shape index (κ1) is 13.3. The van der Waals surface area contributed by atoms with Crippen LogP contribution in [0.4, 0.5) is 0 Å². The molecule has 1 saturated heterocycles. The zero-order valence-electron chi connectivity index (χ0n) is 10.3. The Bertz CT molecular complexity index is 384. The summed E-state index contributed by atoms with van der Waals surface area (Å²) in [7, 11) is 0. The lowest BCUT2D eigenvalue weighted by molar-refractivity contribution is -0.116. The monoisotopic (exact) mass is 266 g/mol. The largest absolute Gasteiger partial charge is 0.379 e. The number of morpholine rings is 1. The average Bonchev–Trinajstić information content (AvgIpc) is 2.91. The summed E-state index contributed by atoms with van der Waals surface area (Å²) in [5.41, 5.74) is 0. The van der Waals surface area contributed by atoms with Gasteiger partial charge in [-0.05, 0) is 17.5 Å². The number of amides is 1. The van der Waals surface area contributed by atoms with Crippen LogP contribution in [0.2, 0.25) is 0 Å². The van der Waals surface area contributed by atoms with E-state index in [2.05, 4.69) is 10.2 Å². The third-order valence-corrected chi connectivity index (χ3v) is 3.61. The predicted molar refractivity (Wildman–Crippen MR) is 73.6 cm³/mol. The van der Waals surface area contributed by atoms with Gasteiger partial charge in [0.05, 0.1) is 13.2 Å². The molecule has 0 aromatic carbocycles. The van der Waals surface area contributed by atoms with Crippen molar-refractivity contribution in [1.29, 1.82) is 0 Å². The third kappa shape index (κ3) is 4.60. The molecule has 0 unspecified atom stereocenters. The fourth-order valence-corrected chi connectivity index (χ4v) is 2.38. The highest BCUT2D eigenvalue weighted by molar-refractivity contribution is 7.10. The molecule has 0 atom stereocenters. The molecule has 5 heteroatoms. The van der Waals surface area contributed by atoms with Gasteiger partial charge in [0, 0.05) is 37.1 Å². The first-order chi connectivity index (χ1) is 8.84. The molecule has 1 aliphatic heterocycles. The summed E-state index contributed by atoms with van der Waals surface area (Å²) in [6.07, 6.45) is 3.43. The van der Waals surface area contributed by atoms with Gasteiger partial charge in [-0.2, -0.15) is 0 Å². The minimum Gasteiger partial charge on any atom is -0.379 e. The van der Waals surface area contributed by atoms with Crippen LogP contribution in [0.3, 0.4) is 0 Å². The molecule has 2 heterocycles. The van der Waals surface area contributed by atoms with E-state index in [1.54, 1.807) is 17.4 Å². The minimum absolute atomic E-state index is 0.0309. The maximum absolute atomic E-state index is 11.5. The molecule has 1 aromatic rings. The van der Waals surface area contributed by atoms with Crippen molar-refractivity contribution in [2.75, 3.05) is 39.4 Å². The molecule has 2 rings (SSSR count). The number of hydrogen-bond acceptors (Lipinski definition) is 4. The Morgan fingerprint density at radius 1 is 1.50 bits per heavy atom. The lowest BCUT2D eigenvalue weighted by atomic mass is 10.4. The normalized spacial score (nSPS) is 17.1. The smallest absolute Gasteiger partial charge is 0.244 e. The van der Waals surface area contributed by atoms with Gasteiger partial charge in [0.1, 0.15) is 0 Å². The van der Waals surface area contributed by atoms with Crippen LogP contribution in [0.1, 0.15) is 4.88 Å². The summed E-state index contributed by atoms with van der Waals surface area (Å²) in [5.74, 6) is -0.0309. The number of carbonyl (C=O) groups excluding carboxylic acids is 1. The number of ether oxygens (including phenoxy) is 1. The van der Waals surface area contributed by atoms with Crippen LogP contribution < -0.4 is 5.32 Å². The molecule has 1 aliphatic rings. The van der Waals surface area contributed by atoms with Crippen LogP contribution in [0.5, 0.6) is 0 Å². The van der Waals surface area contributed by atoms with Crippen LogP contribution in [0.25, 0.3) is 6.08 Å². The highest BCUT2D eigenvalue weighted by Gasteiger charge is 2.09. The second-order valence-corrected chi connectivity index (χ2v) is 5.07. The molecule has 1 amide bonds. The van der Waals surface area contributed by atoms with Gasteiger partial charge in [0.15, 0.2) is 0 Å². The van der Waals surface area contributed by atoms with Gasteiger partial charge < -0.3 is 10.1 Å². The zero-order valence-corrected chi connectivity index (χ0v) is 11.1. The van der Waals surface area contributed by atoms with Gasteiger partial charge in [-0.3, -0.25) is 9.69 Å². The molecule has 98 valence electrons. The lowest BCUT2D eigenvalue weighted by Crippen LogP contribution is -2.41. The van der Waals surface area contributed by atoms with Crippen molar-refractivity contribution in [2.24, 2.45) is 0 Å². The Morgan fingerprint density at radius 2 is 2.33 bits per heavy atom. The van der Waals surface area contributed by atoms with Crippen molar-refractivity contribution in [2.45, 2.75) is 0 Å². The van der Waals surface area contributed by atoms with Gasteiger partial charge in [0.25, 0.3) is 0 Å². The van der Waals surface area contributed by atoms with Gasteiger partial charge in [-0.1, -0.05) is 6.07 Å². The van der Waals surface area contributed by atoms with Crippen LogP contribution in [-0.2, 0) is 9.53 Å². The number of nitrogens with one attached hydrogen (secondary N) is 1. The van der Waals surface area contributed by atoms with E-state index in [-0.39, 0.29) is 5.91 Å². The molecule has 18 heavy (non-hydrogen) atoms. The van der Waals surface area contributed by atoms with Crippen LogP contribution >= 0.6 is 11.3 Å². The molecular weight excluding hydrogens is 248 g/mol. The molecule has 0 radical (unpaired) electrons. The van der Waals surface area contributed by atoms with Crippen molar-refractivity contribution in [3.05, 3.63) is 28.5 Å². The quantitative estimate of drug-likeness (QED) is 0.815. The molecule has 1 aromatic heterocycles. The van der Waals surface area contributed by atoms with E-state index in [0.29, 0.717) is 6.54 Å². The predicted octanol–water partition coefficient (Wildman–Crippen LogP) is 1.21. The summed E-state index contributed by atoms with van der Waals surface area (Å²) in [6.45, 7) is 5.09. The molecule has 0 spiro atoms. The third-order valence-electron chi connectivity index (χ3n) is 2.77. The Balaban J connectivity index is 1.62. The summed E-state index contributed by atoms with van der Waals surface area (Å²) < 4.78 is 5.27. The fourth-order valence-electron chi connectivity index (χ4n) is 1.76. The Labute approximate surface area is 111 Å². The molecule has 1 N–H and O–H groups in total. The summed E-state index contributed by atoms with van der Waals surface area (Å²) >= 11 is 1.62. The number of hydrogen-bond donors (Lipinski definition) is 1. The Kier molecular flexibility index (Phi) is 5.38. The van der Waals surface area contributed by atoms with Crippen LogP contribution in [-0.4, -0.2) is 50.2 Å². The highest BCUT2D eigenvalue weighted by Crippen LogP contribution is 2.09. The van der Waals surface area contributed by atoms with Crippen LogP contribution in [0.15, 0.2) is 23.6 Å². The Morgan fingerprint density at radius 3 is 3.06 bits per heavy atom. The van der Waals surface area contributed by atoms with E-state index in [0.717, 1.165) is 37.7 Å². The molecule has 0 bridgehead atoms. The Hall–Kier alpha value is -1.17. The van der Waals surface area contributed by atoms with Crippen molar-refractivity contribution in [3.63, 3.8) is 0 Å². The fraction of sp³-hybridized carbons (Fsp3) is 0.462. The van der Waals surface area contributed by atoms with E-state index < -0.39 is 0 Å². The van der Waals surface area contributed by atoms with Gasteiger partial charge in [0.2, 0.25) is 5.91 Å². The number of thiophene rings is 1. The summed E-state index contributed by atoms with van der Waals surface area (Å²) in [5, 5.41) is 4.88. The molecule has 1 fully saturated rings. The SMILES string of the molecule is O=C(/C=C\c1cccs1)NCCN1CCOCC1. The average molecular weight is 266 g/mol. The van der Waals surface area contributed by atoms with E-state index >= 15 is 0 Å². The zero-order chi connectivity index (χ0) is 12.6. The maximum Gasteiger partial charge on any atom is 0.244 e. The van der Waals surface area contributed by atoms with Crippen molar-refractivity contribution in [1.82, 2.24) is 10.2 Å². The van der Waals surface area contributed by atoms with Crippen molar-refractivity contribution in [3.8, 4) is 0 Å². The second-order valence-electron chi connectivity index (χ2n) is 4.09. The van der Waals surface area contributed by atoms with Crippen molar-refractivity contribution >= 4 is 23.3 Å². The number of rotatable bonds is 5. The van der Waals surface area contributed by atoms with Gasteiger partial charge in [-0.15, -0.1) is 11.3 Å². The van der Waals surface area contributed by atoms with E-state index in [1.807, 2.05) is 23.6 Å². The van der Waals surface area contributed by atoms with Gasteiger partial charge >= 0.3 is 0 Å². The minimum atomic E-state index is -0.0309. The molecule has 4 nitrogen and oxygen atoms in total. The molecule has 0 aliphatic carbocycles. The second kappa shape index (κ2) is 7.31. The molecular formula is C13H18N2O2S. The van der Waals surface area contributed by atoms with Gasteiger partial charge in [-0.25, -0.2) is 0 Å². The molecule has 0 saturated carbocycles.